The van der Waals surface area contributed by atoms with Crippen molar-refractivity contribution in [3.63, 3.8) is 0 Å². The van der Waals surface area contributed by atoms with Crippen LogP contribution in [0, 0.1) is 0 Å². The van der Waals surface area contributed by atoms with Gasteiger partial charge in [0, 0.05) is 20.0 Å². The first-order valence-corrected chi connectivity index (χ1v) is 4.89. The molecule has 0 aliphatic carbocycles. The third-order valence-corrected chi connectivity index (χ3v) is 2.27. The minimum Gasteiger partial charge on any atom is -0.424 e. The standard InChI is InChI=1S/C12H11NO3/c1-8(14)10-5-6-11-12(16-9(2)15)4-3-7-13(10)11/h3-7H,1-2H3. The quantitative estimate of drug-likeness (QED) is 0.571. The maximum absolute atomic E-state index is 11.3. The Morgan fingerprint density at radius 2 is 1.94 bits per heavy atom. The molecule has 0 amide bonds. The van der Waals surface area contributed by atoms with Gasteiger partial charge in [-0.25, -0.2) is 0 Å². The predicted molar refractivity (Wildman–Crippen MR) is 58.7 cm³/mol. The number of fused-ring (bicyclic) bond motifs is 1. The van der Waals surface area contributed by atoms with Crippen molar-refractivity contribution in [1.82, 2.24) is 4.40 Å². The molecule has 4 nitrogen and oxygen atoms in total. The summed E-state index contributed by atoms with van der Waals surface area (Å²) in [7, 11) is 0. The van der Waals surface area contributed by atoms with Gasteiger partial charge in [0.05, 0.1) is 11.2 Å². The molecule has 4 heteroatoms. The van der Waals surface area contributed by atoms with Gasteiger partial charge in [-0.1, -0.05) is 0 Å². The first-order valence-electron chi connectivity index (χ1n) is 4.89. The van der Waals surface area contributed by atoms with Gasteiger partial charge in [0.1, 0.15) is 0 Å². The number of esters is 1. The van der Waals surface area contributed by atoms with E-state index < -0.39 is 0 Å². The Labute approximate surface area is 92.4 Å². The molecule has 0 aromatic carbocycles. The number of carbonyl (C=O) groups is 2. The second kappa shape index (κ2) is 3.81. The first kappa shape index (κ1) is 10.4. The summed E-state index contributed by atoms with van der Waals surface area (Å²) in [5.41, 5.74) is 1.28. The van der Waals surface area contributed by atoms with E-state index in [9.17, 15) is 9.59 Å². The molecule has 0 atom stereocenters. The van der Waals surface area contributed by atoms with Crippen LogP contribution in [0.5, 0.6) is 5.75 Å². The van der Waals surface area contributed by atoms with Gasteiger partial charge in [0.2, 0.25) is 0 Å². The van der Waals surface area contributed by atoms with Gasteiger partial charge in [-0.05, 0) is 24.3 Å². The van der Waals surface area contributed by atoms with Crippen LogP contribution >= 0.6 is 0 Å². The fourth-order valence-corrected chi connectivity index (χ4v) is 1.64. The van der Waals surface area contributed by atoms with Crippen LogP contribution in [0.1, 0.15) is 24.3 Å². The lowest BCUT2D eigenvalue weighted by Crippen LogP contribution is -2.04. The highest BCUT2D eigenvalue weighted by Crippen LogP contribution is 2.22. The van der Waals surface area contributed by atoms with E-state index in [1.807, 2.05) is 0 Å². The summed E-state index contributed by atoms with van der Waals surface area (Å²) in [6.45, 7) is 2.85. The number of rotatable bonds is 2. The number of hydrogen-bond donors (Lipinski definition) is 0. The van der Waals surface area contributed by atoms with Crippen molar-refractivity contribution in [3.05, 3.63) is 36.2 Å². The van der Waals surface area contributed by atoms with Crippen LogP contribution in [-0.4, -0.2) is 16.2 Å². The zero-order valence-electron chi connectivity index (χ0n) is 9.06. The molecule has 0 N–H and O–H groups in total. The van der Waals surface area contributed by atoms with Crippen molar-refractivity contribution in [2.75, 3.05) is 0 Å². The molecule has 2 aromatic heterocycles. The lowest BCUT2D eigenvalue weighted by atomic mass is 10.3. The van der Waals surface area contributed by atoms with Crippen LogP contribution < -0.4 is 4.74 Å². The van der Waals surface area contributed by atoms with E-state index in [0.29, 0.717) is 17.0 Å². The number of nitrogens with zero attached hydrogens (tertiary/aromatic N) is 1. The number of pyridine rings is 1. The molecule has 0 radical (unpaired) electrons. The van der Waals surface area contributed by atoms with Crippen molar-refractivity contribution < 1.29 is 14.3 Å². The van der Waals surface area contributed by atoms with E-state index in [2.05, 4.69) is 0 Å². The van der Waals surface area contributed by atoms with Gasteiger partial charge in [0.25, 0.3) is 0 Å². The molecule has 0 aliphatic rings. The second-order valence-corrected chi connectivity index (χ2v) is 3.50. The van der Waals surface area contributed by atoms with Crippen LogP contribution in [0.15, 0.2) is 30.5 Å². The molecule has 16 heavy (non-hydrogen) atoms. The summed E-state index contributed by atoms with van der Waals surface area (Å²) >= 11 is 0. The minimum absolute atomic E-state index is 0.0278. The molecule has 0 saturated carbocycles. The topological polar surface area (TPSA) is 47.8 Å². The van der Waals surface area contributed by atoms with Crippen LogP contribution in [0.2, 0.25) is 0 Å². The highest BCUT2D eigenvalue weighted by molar-refractivity contribution is 5.94. The predicted octanol–water partition coefficient (Wildman–Crippen LogP) is 2.07. The summed E-state index contributed by atoms with van der Waals surface area (Å²) in [5, 5.41) is 0. The van der Waals surface area contributed by atoms with Gasteiger partial charge in [-0.3, -0.25) is 9.59 Å². The Bertz CT molecular complexity index is 569. The van der Waals surface area contributed by atoms with Gasteiger partial charge in [0.15, 0.2) is 11.5 Å². The molecule has 0 fully saturated rings. The van der Waals surface area contributed by atoms with Crippen LogP contribution in [0.3, 0.4) is 0 Å². The normalized spacial score (nSPS) is 10.4. The molecular formula is C12H11NO3. The largest absolute Gasteiger partial charge is 0.424 e. The van der Waals surface area contributed by atoms with Gasteiger partial charge >= 0.3 is 5.97 Å². The summed E-state index contributed by atoms with van der Waals surface area (Å²) in [5.74, 6) is 0.0566. The highest BCUT2D eigenvalue weighted by Gasteiger charge is 2.10. The Balaban J connectivity index is 2.61. The molecular weight excluding hydrogens is 206 g/mol. The van der Waals surface area contributed by atoms with Crippen molar-refractivity contribution in [1.29, 1.82) is 0 Å². The Hall–Kier alpha value is -2.10. The number of aromatic nitrogens is 1. The van der Waals surface area contributed by atoms with Crippen molar-refractivity contribution >= 4 is 17.3 Å². The third-order valence-electron chi connectivity index (χ3n) is 2.27. The smallest absolute Gasteiger partial charge is 0.308 e. The van der Waals surface area contributed by atoms with Gasteiger partial charge in [-0.15, -0.1) is 0 Å². The fraction of sp³-hybridized carbons (Fsp3) is 0.167. The molecule has 2 heterocycles. The zero-order valence-corrected chi connectivity index (χ0v) is 9.06. The van der Waals surface area contributed by atoms with Crippen LogP contribution in [0.25, 0.3) is 5.52 Å². The Kier molecular flexibility index (Phi) is 2.48. The van der Waals surface area contributed by atoms with E-state index >= 15 is 0 Å². The molecule has 0 spiro atoms. The maximum Gasteiger partial charge on any atom is 0.308 e. The molecule has 0 aliphatic heterocycles. The summed E-state index contributed by atoms with van der Waals surface area (Å²) in [4.78, 5) is 22.2. The Morgan fingerprint density at radius 3 is 2.56 bits per heavy atom. The SMILES string of the molecule is CC(=O)Oc1cccn2c(C(C)=O)ccc12. The molecule has 0 unspecified atom stereocenters. The molecule has 82 valence electrons. The Morgan fingerprint density at radius 1 is 1.19 bits per heavy atom. The minimum atomic E-state index is -0.376. The molecule has 2 rings (SSSR count). The van der Waals surface area contributed by atoms with E-state index in [0.717, 1.165) is 0 Å². The van der Waals surface area contributed by atoms with Crippen molar-refractivity contribution in [2.45, 2.75) is 13.8 Å². The fourth-order valence-electron chi connectivity index (χ4n) is 1.64. The second-order valence-electron chi connectivity index (χ2n) is 3.50. The maximum atomic E-state index is 11.3. The van der Waals surface area contributed by atoms with Crippen molar-refractivity contribution in [3.8, 4) is 5.75 Å². The number of Topliss-reactive ketones (excluding diaryl/α,β-unsaturated/α-hetero) is 1. The van der Waals surface area contributed by atoms with Crippen molar-refractivity contribution in [2.24, 2.45) is 0 Å². The lowest BCUT2D eigenvalue weighted by molar-refractivity contribution is -0.131. The lowest BCUT2D eigenvalue weighted by Gasteiger charge is -2.04. The monoisotopic (exact) mass is 217 g/mol. The van der Waals surface area contributed by atoms with E-state index in [4.69, 9.17) is 4.74 Å². The highest BCUT2D eigenvalue weighted by atomic mass is 16.5. The number of hydrogen-bond acceptors (Lipinski definition) is 3. The average Bonchev–Trinajstić information content (AvgIpc) is 2.61. The van der Waals surface area contributed by atoms with Crippen LogP contribution in [-0.2, 0) is 4.79 Å². The molecule has 0 saturated heterocycles. The van der Waals surface area contributed by atoms with E-state index in [1.54, 1.807) is 34.9 Å². The third kappa shape index (κ3) is 1.69. The van der Waals surface area contributed by atoms with Crippen LogP contribution in [0.4, 0.5) is 0 Å². The van der Waals surface area contributed by atoms with Gasteiger partial charge < -0.3 is 9.14 Å². The first-order chi connectivity index (χ1) is 7.59. The summed E-state index contributed by atoms with van der Waals surface area (Å²) < 4.78 is 6.76. The molecule has 2 aromatic rings. The number of carbonyl (C=O) groups excluding carboxylic acids is 2. The average molecular weight is 217 g/mol. The van der Waals surface area contributed by atoms with E-state index in [-0.39, 0.29) is 11.8 Å². The number of ether oxygens (including phenoxy) is 1. The molecule has 0 bridgehead atoms. The van der Waals surface area contributed by atoms with E-state index in [1.165, 1.54) is 13.8 Å². The summed E-state index contributed by atoms with van der Waals surface area (Å²) in [6.07, 6.45) is 1.76. The van der Waals surface area contributed by atoms with Gasteiger partial charge in [-0.2, -0.15) is 0 Å². The number of ketones is 1. The zero-order chi connectivity index (χ0) is 11.7. The summed E-state index contributed by atoms with van der Waals surface area (Å²) in [6, 6.07) is 6.90.